The van der Waals surface area contributed by atoms with Gasteiger partial charge < -0.3 is 25.4 Å². The third kappa shape index (κ3) is 7.49. The molecule has 2 aromatic rings. The van der Waals surface area contributed by atoms with Crippen molar-refractivity contribution in [3.63, 3.8) is 0 Å². The van der Waals surface area contributed by atoms with Crippen molar-refractivity contribution in [3.8, 4) is 5.75 Å². The molecule has 0 saturated heterocycles. The number of amides is 3. The van der Waals surface area contributed by atoms with Crippen molar-refractivity contribution >= 4 is 35.2 Å². The van der Waals surface area contributed by atoms with Crippen LogP contribution in [-0.4, -0.2) is 46.1 Å². The largest absolute Gasteiger partial charge is 0.508 e. The second kappa shape index (κ2) is 11.9. The molecule has 3 amide bonds. The van der Waals surface area contributed by atoms with Crippen LogP contribution in [0, 0.1) is 13.8 Å². The highest BCUT2D eigenvalue weighted by Crippen LogP contribution is 2.31. The van der Waals surface area contributed by atoms with Crippen LogP contribution in [-0.2, 0) is 14.3 Å². The Morgan fingerprint density at radius 2 is 1.83 bits per heavy atom. The van der Waals surface area contributed by atoms with E-state index in [1.54, 1.807) is 65.0 Å². The molecule has 0 saturated carbocycles. The number of phenols is 1. The molecule has 0 radical (unpaired) electrons. The zero-order valence-electron chi connectivity index (χ0n) is 21.5. The lowest BCUT2D eigenvalue weighted by atomic mass is 10.00. The number of aryl methyl sites for hydroxylation is 2. The number of ether oxygens (including phenoxy) is 1. The normalized spacial score (nSPS) is 12.8. The third-order valence-corrected chi connectivity index (χ3v) is 5.59. The van der Waals surface area contributed by atoms with E-state index in [1.807, 2.05) is 0 Å². The van der Waals surface area contributed by atoms with E-state index < -0.39 is 35.6 Å². The standard InChI is InChI=1S/C27H34ClN3O5/c1-8-14-31(25(34)18(4)29-26(35)36-27(5,6)7)23(19-12-13-21(32)17(3)15-19)24(33)30-22-16(2)10-9-11-20(22)28/h8-13,15,18,23,32H,1,14H2,2-7H3,(H,29,35)(H,30,33). The Morgan fingerprint density at radius 3 is 2.39 bits per heavy atom. The Labute approximate surface area is 217 Å². The van der Waals surface area contributed by atoms with Gasteiger partial charge in [0.05, 0.1) is 10.7 Å². The molecule has 2 aromatic carbocycles. The van der Waals surface area contributed by atoms with Crippen LogP contribution < -0.4 is 10.6 Å². The maximum Gasteiger partial charge on any atom is 0.408 e. The minimum Gasteiger partial charge on any atom is -0.508 e. The van der Waals surface area contributed by atoms with Gasteiger partial charge in [-0.25, -0.2) is 4.79 Å². The first kappa shape index (κ1) is 28.7. The summed E-state index contributed by atoms with van der Waals surface area (Å²) in [4.78, 5) is 40.8. The summed E-state index contributed by atoms with van der Waals surface area (Å²) >= 11 is 6.33. The predicted molar refractivity (Wildman–Crippen MR) is 141 cm³/mol. The molecule has 0 spiro atoms. The van der Waals surface area contributed by atoms with Gasteiger partial charge in [0.25, 0.3) is 5.91 Å². The van der Waals surface area contributed by atoms with Gasteiger partial charge in [-0.15, -0.1) is 6.58 Å². The van der Waals surface area contributed by atoms with Crippen LogP contribution >= 0.6 is 11.6 Å². The van der Waals surface area contributed by atoms with Crippen molar-refractivity contribution in [1.82, 2.24) is 10.2 Å². The Hall–Kier alpha value is -3.52. The molecule has 9 heteroatoms. The van der Waals surface area contributed by atoms with E-state index in [2.05, 4.69) is 17.2 Å². The average Bonchev–Trinajstić information content (AvgIpc) is 2.76. The van der Waals surface area contributed by atoms with Crippen molar-refractivity contribution in [2.24, 2.45) is 0 Å². The highest BCUT2D eigenvalue weighted by Gasteiger charge is 2.34. The number of benzene rings is 2. The van der Waals surface area contributed by atoms with E-state index in [0.29, 0.717) is 21.8 Å². The summed E-state index contributed by atoms with van der Waals surface area (Å²) in [5.74, 6) is -0.986. The molecule has 0 fully saturated rings. The third-order valence-electron chi connectivity index (χ3n) is 5.28. The quantitative estimate of drug-likeness (QED) is 0.415. The van der Waals surface area contributed by atoms with Gasteiger partial charge in [0.2, 0.25) is 5.91 Å². The van der Waals surface area contributed by atoms with Gasteiger partial charge >= 0.3 is 6.09 Å². The fraction of sp³-hybridized carbons (Fsp3) is 0.370. The summed E-state index contributed by atoms with van der Waals surface area (Å²) in [7, 11) is 0. The maximum atomic E-state index is 13.7. The van der Waals surface area contributed by atoms with Crippen LogP contribution in [0.1, 0.15) is 50.4 Å². The van der Waals surface area contributed by atoms with Gasteiger partial charge in [-0.3, -0.25) is 9.59 Å². The average molecular weight is 516 g/mol. The number of phenolic OH excluding ortho intramolecular Hbond substituents is 1. The fourth-order valence-electron chi connectivity index (χ4n) is 3.56. The smallest absolute Gasteiger partial charge is 0.408 e. The molecule has 0 aliphatic heterocycles. The number of carbonyl (C=O) groups excluding carboxylic acids is 3. The van der Waals surface area contributed by atoms with Gasteiger partial charge in [-0.05, 0) is 76.4 Å². The molecular weight excluding hydrogens is 482 g/mol. The first-order valence-corrected chi connectivity index (χ1v) is 11.9. The second-order valence-corrected chi connectivity index (χ2v) is 9.92. The van der Waals surface area contributed by atoms with Crippen molar-refractivity contribution in [3.05, 3.63) is 70.8 Å². The molecule has 0 aliphatic carbocycles. The summed E-state index contributed by atoms with van der Waals surface area (Å²) in [5.41, 5.74) is 1.43. The molecule has 2 rings (SSSR count). The lowest BCUT2D eigenvalue weighted by Gasteiger charge is -2.33. The minimum absolute atomic E-state index is 0.0126. The Kier molecular flexibility index (Phi) is 9.53. The van der Waals surface area contributed by atoms with Crippen molar-refractivity contribution < 1.29 is 24.2 Å². The molecular formula is C27H34ClN3O5. The molecule has 0 aromatic heterocycles. The van der Waals surface area contributed by atoms with Crippen LogP contribution in [0.5, 0.6) is 5.75 Å². The van der Waals surface area contributed by atoms with Gasteiger partial charge in [0.15, 0.2) is 0 Å². The molecule has 0 aliphatic rings. The van der Waals surface area contributed by atoms with Gasteiger partial charge in [0, 0.05) is 6.54 Å². The Bertz CT molecular complexity index is 1120. The minimum atomic E-state index is -1.12. The molecule has 0 heterocycles. The van der Waals surface area contributed by atoms with Gasteiger partial charge in [-0.2, -0.15) is 0 Å². The number of alkyl carbamates (subject to hydrolysis) is 1. The first-order valence-electron chi connectivity index (χ1n) is 11.5. The second-order valence-electron chi connectivity index (χ2n) is 9.52. The van der Waals surface area contributed by atoms with Crippen LogP contribution in [0.4, 0.5) is 10.5 Å². The number of rotatable bonds is 8. The molecule has 3 N–H and O–H groups in total. The van der Waals surface area contributed by atoms with Crippen LogP contribution in [0.15, 0.2) is 49.1 Å². The summed E-state index contributed by atoms with van der Waals surface area (Å²) < 4.78 is 5.26. The number of halogens is 1. The summed E-state index contributed by atoms with van der Waals surface area (Å²) in [6.07, 6.45) is 0.738. The summed E-state index contributed by atoms with van der Waals surface area (Å²) in [6, 6.07) is 7.78. The Morgan fingerprint density at radius 1 is 1.17 bits per heavy atom. The number of hydrogen-bond donors (Lipinski definition) is 3. The Balaban J connectivity index is 2.48. The highest BCUT2D eigenvalue weighted by molar-refractivity contribution is 6.34. The van der Waals surface area contributed by atoms with Gasteiger partial charge in [-0.1, -0.05) is 35.9 Å². The monoisotopic (exact) mass is 515 g/mol. The van der Waals surface area contributed by atoms with Crippen LogP contribution in [0.3, 0.4) is 0 Å². The molecule has 36 heavy (non-hydrogen) atoms. The zero-order chi connectivity index (χ0) is 27.2. The predicted octanol–water partition coefficient (Wildman–Crippen LogP) is 5.27. The van der Waals surface area contributed by atoms with E-state index in [-0.39, 0.29) is 12.3 Å². The topological polar surface area (TPSA) is 108 Å². The molecule has 0 bridgehead atoms. The number of nitrogens with one attached hydrogen (secondary N) is 2. The lowest BCUT2D eigenvalue weighted by molar-refractivity contribution is -0.139. The number of para-hydroxylation sites is 1. The fourth-order valence-corrected chi connectivity index (χ4v) is 3.83. The number of anilines is 1. The van der Waals surface area contributed by atoms with E-state index in [1.165, 1.54) is 24.0 Å². The summed E-state index contributed by atoms with van der Waals surface area (Å²) in [6.45, 7) is 13.9. The van der Waals surface area contributed by atoms with Crippen LogP contribution in [0.25, 0.3) is 0 Å². The molecule has 2 atom stereocenters. The van der Waals surface area contributed by atoms with E-state index in [4.69, 9.17) is 16.3 Å². The molecule has 2 unspecified atom stereocenters. The van der Waals surface area contributed by atoms with Crippen LogP contribution in [0.2, 0.25) is 5.02 Å². The highest BCUT2D eigenvalue weighted by atomic mass is 35.5. The maximum absolute atomic E-state index is 13.7. The zero-order valence-corrected chi connectivity index (χ0v) is 22.3. The van der Waals surface area contributed by atoms with Crippen molar-refractivity contribution in [2.75, 3.05) is 11.9 Å². The number of carbonyl (C=O) groups is 3. The SMILES string of the molecule is C=CCN(C(=O)C(C)NC(=O)OC(C)(C)C)C(C(=O)Nc1c(C)cccc1Cl)c1ccc(O)c(C)c1. The number of nitrogens with zero attached hydrogens (tertiary/aromatic N) is 1. The van der Waals surface area contributed by atoms with Crippen molar-refractivity contribution in [1.29, 1.82) is 0 Å². The van der Waals surface area contributed by atoms with E-state index in [9.17, 15) is 19.5 Å². The number of hydrogen-bond acceptors (Lipinski definition) is 5. The number of aromatic hydroxyl groups is 1. The van der Waals surface area contributed by atoms with E-state index >= 15 is 0 Å². The van der Waals surface area contributed by atoms with Gasteiger partial charge in [0.1, 0.15) is 23.4 Å². The lowest BCUT2D eigenvalue weighted by Crippen LogP contribution is -2.51. The van der Waals surface area contributed by atoms with E-state index in [0.717, 1.165) is 5.56 Å². The molecule has 8 nitrogen and oxygen atoms in total. The summed E-state index contributed by atoms with van der Waals surface area (Å²) in [5, 5.41) is 15.8. The van der Waals surface area contributed by atoms with Crippen molar-refractivity contribution in [2.45, 2.75) is 59.2 Å². The first-order chi connectivity index (χ1) is 16.7. The molecule has 194 valence electrons.